The predicted octanol–water partition coefficient (Wildman–Crippen LogP) is 1.90. The van der Waals surface area contributed by atoms with E-state index in [1.54, 1.807) is 11.4 Å². The van der Waals surface area contributed by atoms with Crippen molar-refractivity contribution in [3.63, 3.8) is 0 Å². The Morgan fingerprint density at radius 1 is 1.15 bits per heavy atom. The first-order valence-electron chi connectivity index (χ1n) is 9.68. The van der Waals surface area contributed by atoms with Gasteiger partial charge in [0.1, 0.15) is 5.00 Å². The average molecular weight is 393 g/mol. The van der Waals surface area contributed by atoms with Gasteiger partial charge in [-0.1, -0.05) is 0 Å². The molecular formula is C19H28N4O3S. The molecule has 3 heterocycles. The molecule has 8 heteroatoms. The summed E-state index contributed by atoms with van der Waals surface area (Å²) in [6.45, 7) is 5.10. The molecule has 2 aliphatic rings. The van der Waals surface area contributed by atoms with Gasteiger partial charge in [0.25, 0.3) is 5.91 Å². The largest absolute Gasteiger partial charge is 0.366 e. The van der Waals surface area contributed by atoms with E-state index in [2.05, 4.69) is 10.2 Å². The minimum absolute atomic E-state index is 0.0772. The number of anilines is 1. The van der Waals surface area contributed by atoms with Gasteiger partial charge in [-0.3, -0.25) is 19.3 Å². The lowest BCUT2D eigenvalue weighted by atomic mass is 9.93. The Bertz CT molecular complexity index is 691. The van der Waals surface area contributed by atoms with Crippen LogP contribution in [0, 0.1) is 5.92 Å². The summed E-state index contributed by atoms with van der Waals surface area (Å²) in [5.74, 6) is -0.332. The van der Waals surface area contributed by atoms with Crippen molar-refractivity contribution in [3.05, 3.63) is 17.0 Å². The maximum absolute atomic E-state index is 12.7. The average Bonchev–Trinajstić information content (AvgIpc) is 3.16. The Balaban J connectivity index is 1.51. The topological polar surface area (TPSA) is 95.7 Å². The minimum Gasteiger partial charge on any atom is -0.366 e. The first kappa shape index (κ1) is 19.8. The highest BCUT2D eigenvalue weighted by Crippen LogP contribution is 2.25. The van der Waals surface area contributed by atoms with Crippen LogP contribution in [-0.4, -0.2) is 59.7 Å². The van der Waals surface area contributed by atoms with Crippen molar-refractivity contribution in [1.82, 2.24) is 9.80 Å². The van der Waals surface area contributed by atoms with Crippen molar-refractivity contribution in [2.24, 2.45) is 11.7 Å². The quantitative estimate of drug-likeness (QED) is 0.800. The van der Waals surface area contributed by atoms with Gasteiger partial charge in [0.2, 0.25) is 11.8 Å². The van der Waals surface area contributed by atoms with Gasteiger partial charge in [-0.15, -0.1) is 11.3 Å². The third kappa shape index (κ3) is 4.68. The molecule has 1 unspecified atom stereocenters. The van der Waals surface area contributed by atoms with Crippen molar-refractivity contribution >= 4 is 34.1 Å². The molecule has 7 nitrogen and oxygen atoms in total. The number of primary amides is 1. The molecule has 2 fully saturated rings. The summed E-state index contributed by atoms with van der Waals surface area (Å²) < 4.78 is 0. The van der Waals surface area contributed by atoms with Gasteiger partial charge in [0, 0.05) is 19.0 Å². The standard InChI is InChI=1S/C19H28N4O3S/c1-13(17(25)21-18-15(16(20)24)7-12-27-18)22-10-5-14(6-11-22)19(26)23-8-3-2-4-9-23/h7,12-14H,2-6,8-11H2,1H3,(H2,20,24)(H,21,25). The van der Waals surface area contributed by atoms with Gasteiger partial charge in [0.05, 0.1) is 11.6 Å². The zero-order chi connectivity index (χ0) is 19.4. The lowest BCUT2D eigenvalue weighted by Crippen LogP contribution is -2.49. The van der Waals surface area contributed by atoms with Crippen LogP contribution in [0.4, 0.5) is 5.00 Å². The zero-order valence-electron chi connectivity index (χ0n) is 15.8. The summed E-state index contributed by atoms with van der Waals surface area (Å²) >= 11 is 1.29. The van der Waals surface area contributed by atoms with E-state index in [0.29, 0.717) is 10.6 Å². The monoisotopic (exact) mass is 392 g/mol. The normalized spacial score (nSPS) is 20.3. The molecule has 0 aromatic carbocycles. The van der Waals surface area contributed by atoms with Crippen LogP contribution in [0.2, 0.25) is 0 Å². The van der Waals surface area contributed by atoms with Gasteiger partial charge in [-0.2, -0.15) is 0 Å². The Morgan fingerprint density at radius 2 is 1.81 bits per heavy atom. The summed E-state index contributed by atoms with van der Waals surface area (Å²) in [4.78, 5) is 40.8. The second-order valence-corrected chi connectivity index (χ2v) is 8.31. The van der Waals surface area contributed by atoms with E-state index in [1.807, 2.05) is 11.8 Å². The van der Waals surface area contributed by atoms with Gasteiger partial charge in [-0.25, -0.2) is 0 Å². The highest BCUT2D eigenvalue weighted by Gasteiger charge is 2.32. The Kier molecular flexibility index (Phi) is 6.49. The van der Waals surface area contributed by atoms with Crippen LogP contribution >= 0.6 is 11.3 Å². The van der Waals surface area contributed by atoms with Gasteiger partial charge in [-0.05, 0) is 63.6 Å². The van der Waals surface area contributed by atoms with Gasteiger partial charge in [0.15, 0.2) is 0 Å². The number of nitrogens with one attached hydrogen (secondary N) is 1. The number of carbonyl (C=O) groups excluding carboxylic acids is 3. The smallest absolute Gasteiger partial charge is 0.251 e. The molecule has 1 aromatic heterocycles. The Labute approximate surface area is 163 Å². The third-order valence-electron chi connectivity index (χ3n) is 5.64. The second kappa shape index (κ2) is 8.84. The fourth-order valence-corrected chi connectivity index (χ4v) is 4.68. The summed E-state index contributed by atoms with van der Waals surface area (Å²) in [7, 11) is 0. The molecule has 148 valence electrons. The molecule has 0 spiro atoms. The highest BCUT2D eigenvalue weighted by atomic mass is 32.1. The number of amides is 3. The molecule has 0 radical (unpaired) electrons. The molecule has 0 bridgehead atoms. The molecule has 3 amide bonds. The molecular weight excluding hydrogens is 364 g/mol. The van der Waals surface area contributed by atoms with E-state index in [9.17, 15) is 14.4 Å². The molecule has 1 atom stereocenters. The molecule has 1 aromatic rings. The van der Waals surface area contributed by atoms with Gasteiger partial charge >= 0.3 is 0 Å². The maximum Gasteiger partial charge on any atom is 0.251 e. The van der Waals surface area contributed by atoms with Crippen molar-refractivity contribution in [2.45, 2.75) is 45.1 Å². The maximum atomic E-state index is 12.7. The molecule has 3 N–H and O–H groups in total. The van der Waals surface area contributed by atoms with Crippen LogP contribution in [0.3, 0.4) is 0 Å². The number of likely N-dealkylation sites (tertiary alicyclic amines) is 2. The number of rotatable bonds is 5. The van der Waals surface area contributed by atoms with Crippen LogP contribution in [0.25, 0.3) is 0 Å². The number of carbonyl (C=O) groups is 3. The van der Waals surface area contributed by atoms with Crippen molar-refractivity contribution in [1.29, 1.82) is 0 Å². The predicted molar refractivity (Wildman–Crippen MR) is 106 cm³/mol. The number of hydrogen-bond acceptors (Lipinski definition) is 5. The van der Waals surface area contributed by atoms with Gasteiger partial charge < -0.3 is 16.0 Å². The molecule has 0 aliphatic carbocycles. The van der Waals surface area contributed by atoms with E-state index < -0.39 is 5.91 Å². The third-order valence-corrected chi connectivity index (χ3v) is 6.47. The van der Waals surface area contributed by atoms with E-state index in [-0.39, 0.29) is 23.8 Å². The lowest BCUT2D eigenvalue weighted by molar-refractivity contribution is -0.138. The van der Waals surface area contributed by atoms with Crippen LogP contribution in [0.1, 0.15) is 49.4 Å². The minimum atomic E-state index is -0.545. The van der Waals surface area contributed by atoms with Crippen LogP contribution in [-0.2, 0) is 9.59 Å². The summed E-state index contributed by atoms with van der Waals surface area (Å²) in [5, 5.41) is 5.05. The van der Waals surface area contributed by atoms with E-state index in [1.165, 1.54) is 17.8 Å². The Morgan fingerprint density at radius 3 is 2.44 bits per heavy atom. The van der Waals surface area contributed by atoms with E-state index in [4.69, 9.17) is 5.73 Å². The highest BCUT2D eigenvalue weighted by molar-refractivity contribution is 7.14. The first-order valence-corrected chi connectivity index (χ1v) is 10.6. The number of nitrogens with zero attached hydrogens (tertiary/aromatic N) is 2. The number of nitrogens with two attached hydrogens (primary N) is 1. The van der Waals surface area contributed by atoms with E-state index >= 15 is 0 Å². The van der Waals surface area contributed by atoms with Crippen molar-refractivity contribution in [2.75, 3.05) is 31.5 Å². The molecule has 3 rings (SSSR count). The molecule has 27 heavy (non-hydrogen) atoms. The lowest BCUT2D eigenvalue weighted by Gasteiger charge is -2.37. The van der Waals surface area contributed by atoms with Crippen LogP contribution in [0.5, 0.6) is 0 Å². The molecule has 2 aliphatic heterocycles. The van der Waals surface area contributed by atoms with Crippen molar-refractivity contribution in [3.8, 4) is 0 Å². The summed E-state index contributed by atoms with van der Waals surface area (Å²) in [5.41, 5.74) is 5.67. The number of piperidine rings is 2. The Hall–Kier alpha value is -1.93. The summed E-state index contributed by atoms with van der Waals surface area (Å²) in [6, 6.07) is 1.30. The van der Waals surface area contributed by atoms with Crippen molar-refractivity contribution < 1.29 is 14.4 Å². The van der Waals surface area contributed by atoms with E-state index in [0.717, 1.165) is 51.9 Å². The molecule has 0 saturated carbocycles. The fraction of sp³-hybridized carbons (Fsp3) is 0.632. The zero-order valence-corrected chi connectivity index (χ0v) is 16.6. The number of thiophene rings is 1. The first-order chi connectivity index (χ1) is 13.0. The second-order valence-electron chi connectivity index (χ2n) is 7.39. The van der Waals surface area contributed by atoms with Crippen LogP contribution < -0.4 is 11.1 Å². The molecule has 2 saturated heterocycles. The number of hydrogen-bond donors (Lipinski definition) is 2. The fourth-order valence-electron chi connectivity index (χ4n) is 3.89. The SMILES string of the molecule is CC(C(=O)Nc1sccc1C(N)=O)N1CCC(C(=O)N2CCCCC2)CC1. The summed E-state index contributed by atoms with van der Waals surface area (Å²) in [6.07, 6.45) is 5.02. The van der Waals surface area contributed by atoms with Crippen LogP contribution in [0.15, 0.2) is 11.4 Å².